The Balaban J connectivity index is 1.79. The van der Waals surface area contributed by atoms with Gasteiger partial charge in [0, 0.05) is 31.2 Å². The Bertz CT molecular complexity index is 585. The Morgan fingerprint density at radius 1 is 1.47 bits per heavy atom. The van der Waals surface area contributed by atoms with E-state index in [2.05, 4.69) is 15.6 Å². The highest BCUT2D eigenvalue weighted by Gasteiger charge is 2.01. The minimum atomic E-state index is -0.296. The summed E-state index contributed by atoms with van der Waals surface area (Å²) in [5.74, 6) is 0. The number of rotatable bonds is 4. The summed E-state index contributed by atoms with van der Waals surface area (Å²) in [5.41, 5.74) is 1.11. The van der Waals surface area contributed by atoms with Gasteiger partial charge in [-0.25, -0.2) is 9.78 Å². The number of nitrogens with zero attached hydrogens (tertiary/aromatic N) is 3. The average Bonchev–Trinajstić information content (AvgIpc) is 2.92. The number of benzene rings is 1. The first-order valence-corrected chi connectivity index (χ1v) is 5.79. The van der Waals surface area contributed by atoms with E-state index in [9.17, 15) is 4.79 Å². The Morgan fingerprint density at radius 3 is 3.11 bits per heavy atom. The number of amides is 2. The summed E-state index contributed by atoms with van der Waals surface area (Å²) in [6.45, 7) is 1.16. The van der Waals surface area contributed by atoms with E-state index in [1.807, 2.05) is 16.8 Å². The zero-order valence-corrected chi connectivity index (χ0v) is 10.2. The Hall–Kier alpha value is -2.81. The van der Waals surface area contributed by atoms with Gasteiger partial charge in [-0.3, -0.25) is 0 Å². The van der Waals surface area contributed by atoms with Gasteiger partial charge < -0.3 is 15.2 Å². The van der Waals surface area contributed by atoms with Crippen LogP contribution in [0.3, 0.4) is 0 Å². The molecular formula is C13H13N5O. The van der Waals surface area contributed by atoms with Crippen LogP contribution in [0.15, 0.2) is 43.0 Å². The molecule has 2 amide bonds. The van der Waals surface area contributed by atoms with Crippen molar-refractivity contribution in [3.8, 4) is 6.07 Å². The van der Waals surface area contributed by atoms with Gasteiger partial charge in [0.25, 0.3) is 0 Å². The van der Waals surface area contributed by atoms with Crippen molar-refractivity contribution in [2.24, 2.45) is 0 Å². The third-order valence-electron chi connectivity index (χ3n) is 2.46. The van der Waals surface area contributed by atoms with Crippen LogP contribution in [0.2, 0.25) is 0 Å². The van der Waals surface area contributed by atoms with Crippen LogP contribution in [0.1, 0.15) is 5.56 Å². The van der Waals surface area contributed by atoms with Crippen LogP contribution in [-0.2, 0) is 6.54 Å². The number of urea groups is 1. The van der Waals surface area contributed by atoms with Gasteiger partial charge in [0.1, 0.15) is 0 Å². The van der Waals surface area contributed by atoms with Crippen molar-refractivity contribution >= 4 is 11.7 Å². The predicted molar refractivity (Wildman–Crippen MR) is 70.4 cm³/mol. The zero-order chi connectivity index (χ0) is 13.5. The number of anilines is 1. The molecule has 0 saturated carbocycles. The largest absolute Gasteiger partial charge is 0.336 e. The van der Waals surface area contributed by atoms with E-state index in [-0.39, 0.29) is 6.03 Å². The number of carbonyl (C=O) groups excluding carboxylic acids is 1. The first-order valence-electron chi connectivity index (χ1n) is 5.79. The molecule has 1 aromatic carbocycles. The third-order valence-corrected chi connectivity index (χ3v) is 2.46. The van der Waals surface area contributed by atoms with Crippen LogP contribution in [0, 0.1) is 11.3 Å². The van der Waals surface area contributed by atoms with Crippen molar-refractivity contribution in [1.82, 2.24) is 14.9 Å². The van der Waals surface area contributed by atoms with Crippen LogP contribution in [-0.4, -0.2) is 22.1 Å². The molecule has 2 rings (SSSR count). The second-order valence-electron chi connectivity index (χ2n) is 3.87. The number of imidazole rings is 1. The number of hydrogen-bond acceptors (Lipinski definition) is 3. The molecule has 1 heterocycles. The minimum Gasteiger partial charge on any atom is -0.336 e. The number of hydrogen-bond donors (Lipinski definition) is 2. The number of carbonyl (C=O) groups is 1. The fourth-order valence-electron chi connectivity index (χ4n) is 1.56. The minimum absolute atomic E-state index is 0.296. The topological polar surface area (TPSA) is 82.7 Å². The molecule has 1 aromatic heterocycles. The Kier molecular flexibility index (Phi) is 4.13. The normalized spacial score (nSPS) is 9.63. The van der Waals surface area contributed by atoms with E-state index in [4.69, 9.17) is 5.26 Å². The van der Waals surface area contributed by atoms with Gasteiger partial charge in [-0.15, -0.1) is 0 Å². The molecule has 0 saturated heterocycles. The van der Waals surface area contributed by atoms with Gasteiger partial charge in [-0.2, -0.15) is 5.26 Å². The van der Waals surface area contributed by atoms with Crippen molar-refractivity contribution in [1.29, 1.82) is 5.26 Å². The van der Waals surface area contributed by atoms with Gasteiger partial charge in [0.05, 0.1) is 18.0 Å². The summed E-state index contributed by atoms with van der Waals surface area (Å²) in [5, 5.41) is 14.2. The number of nitriles is 1. The van der Waals surface area contributed by atoms with Crippen LogP contribution in [0.25, 0.3) is 0 Å². The highest BCUT2D eigenvalue weighted by atomic mass is 16.2. The highest BCUT2D eigenvalue weighted by molar-refractivity contribution is 5.89. The van der Waals surface area contributed by atoms with Crippen molar-refractivity contribution in [3.63, 3.8) is 0 Å². The van der Waals surface area contributed by atoms with E-state index in [0.29, 0.717) is 24.3 Å². The predicted octanol–water partition coefficient (Wildman–Crippen LogP) is 1.58. The second-order valence-corrected chi connectivity index (χ2v) is 3.87. The van der Waals surface area contributed by atoms with Gasteiger partial charge in [0.2, 0.25) is 0 Å². The lowest BCUT2D eigenvalue weighted by molar-refractivity contribution is 0.251. The third kappa shape index (κ3) is 3.85. The molecule has 2 aromatic rings. The SMILES string of the molecule is N#Cc1cccc(NC(=O)NCCn2ccnc2)c1. The molecule has 0 aliphatic heterocycles. The molecule has 6 heteroatoms. The Labute approximate surface area is 110 Å². The van der Waals surface area contributed by atoms with Gasteiger partial charge in [-0.05, 0) is 18.2 Å². The average molecular weight is 255 g/mol. The summed E-state index contributed by atoms with van der Waals surface area (Å²) < 4.78 is 1.87. The van der Waals surface area contributed by atoms with Crippen molar-refractivity contribution < 1.29 is 4.79 Å². The monoisotopic (exact) mass is 255 g/mol. The molecule has 0 radical (unpaired) electrons. The van der Waals surface area contributed by atoms with Crippen LogP contribution in [0.5, 0.6) is 0 Å². The zero-order valence-electron chi connectivity index (χ0n) is 10.2. The summed E-state index contributed by atoms with van der Waals surface area (Å²) >= 11 is 0. The fourth-order valence-corrected chi connectivity index (χ4v) is 1.56. The molecule has 0 aliphatic carbocycles. The lowest BCUT2D eigenvalue weighted by Gasteiger charge is -2.08. The standard InChI is InChI=1S/C13H13N5O/c14-9-11-2-1-3-12(8-11)17-13(19)16-5-7-18-6-4-15-10-18/h1-4,6,8,10H,5,7H2,(H2,16,17,19). The van der Waals surface area contributed by atoms with E-state index >= 15 is 0 Å². The number of nitrogens with one attached hydrogen (secondary N) is 2. The van der Waals surface area contributed by atoms with Gasteiger partial charge in [-0.1, -0.05) is 6.07 Å². The molecular weight excluding hydrogens is 242 g/mol. The van der Waals surface area contributed by atoms with Crippen molar-refractivity contribution in [3.05, 3.63) is 48.5 Å². The molecule has 0 bridgehead atoms. The summed E-state index contributed by atoms with van der Waals surface area (Å²) in [6.07, 6.45) is 5.21. The van der Waals surface area contributed by atoms with Crippen LogP contribution in [0.4, 0.5) is 10.5 Å². The van der Waals surface area contributed by atoms with Crippen molar-refractivity contribution in [2.75, 3.05) is 11.9 Å². The van der Waals surface area contributed by atoms with Crippen molar-refractivity contribution in [2.45, 2.75) is 6.54 Å². The molecule has 96 valence electrons. The molecule has 0 aliphatic rings. The Morgan fingerprint density at radius 2 is 2.37 bits per heavy atom. The maximum absolute atomic E-state index is 11.6. The van der Waals surface area contributed by atoms with Gasteiger partial charge >= 0.3 is 6.03 Å². The molecule has 0 atom stereocenters. The smallest absolute Gasteiger partial charge is 0.319 e. The molecule has 6 nitrogen and oxygen atoms in total. The van der Waals surface area contributed by atoms with E-state index in [1.165, 1.54) is 0 Å². The van der Waals surface area contributed by atoms with E-state index in [1.54, 1.807) is 36.8 Å². The summed E-state index contributed by atoms with van der Waals surface area (Å²) in [4.78, 5) is 15.5. The van der Waals surface area contributed by atoms with Crippen LogP contribution >= 0.6 is 0 Å². The van der Waals surface area contributed by atoms with Gasteiger partial charge in [0.15, 0.2) is 0 Å². The first kappa shape index (κ1) is 12.6. The quantitative estimate of drug-likeness (QED) is 0.870. The van der Waals surface area contributed by atoms with E-state index in [0.717, 1.165) is 0 Å². The maximum Gasteiger partial charge on any atom is 0.319 e. The molecule has 0 unspecified atom stereocenters. The summed E-state index contributed by atoms with van der Waals surface area (Å²) in [6, 6.07) is 8.48. The highest BCUT2D eigenvalue weighted by Crippen LogP contribution is 2.09. The molecule has 0 spiro atoms. The molecule has 19 heavy (non-hydrogen) atoms. The van der Waals surface area contributed by atoms with E-state index < -0.39 is 0 Å². The fraction of sp³-hybridized carbons (Fsp3) is 0.154. The summed E-state index contributed by atoms with van der Waals surface area (Å²) in [7, 11) is 0. The lowest BCUT2D eigenvalue weighted by atomic mass is 10.2. The molecule has 2 N–H and O–H groups in total. The second kappa shape index (κ2) is 6.21. The van der Waals surface area contributed by atoms with Crippen LogP contribution < -0.4 is 10.6 Å². The maximum atomic E-state index is 11.6. The number of aromatic nitrogens is 2. The lowest BCUT2D eigenvalue weighted by Crippen LogP contribution is -2.31. The first-order chi connectivity index (χ1) is 9.28. The molecule has 0 fully saturated rings.